The molecule has 0 bridgehead atoms. The molecule has 1 heterocycles. The zero-order valence-electron chi connectivity index (χ0n) is 4.07. The number of aromatic amines is 1. The topological polar surface area (TPSA) is 32.9 Å². The van der Waals surface area contributed by atoms with Crippen molar-refractivity contribution in [3.05, 3.63) is 34.7 Å². The minimum Gasteiger partial charge on any atom is -0.329 e. The first-order chi connectivity index (χ1) is 3.39. The summed E-state index contributed by atoms with van der Waals surface area (Å²) in [4.78, 5) is 12.7. The first-order valence-corrected chi connectivity index (χ1v) is 2.03. The molecule has 0 fully saturated rings. The summed E-state index contributed by atoms with van der Waals surface area (Å²) in [5, 5.41) is 0. The third-order valence-electron chi connectivity index (χ3n) is 0.681. The van der Waals surface area contributed by atoms with E-state index in [1.165, 1.54) is 6.07 Å². The van der Waals surface area contributed by atoms with Gasteiger partial charge in [-0.2, -0.15) is 0 Å². The van der Waals surface area contributed by atoms with Gasteiger partial charge in [0.05, 0.1) is 0 Å². The van der Waals surface area contributed by atoms with Crippen LogP contribution in [0.5, 0.6) is 0 Å². The van der Waals surface area contributed by atoms with E-state index in [4.69, 9.17) is 0 Å². The summed E-state index contributed by atoms with van der Waals surface area (Å²) in [6.45, 7) is 0. The summed E-state index contributed by atoms with van der Waals surface area (Å²) in [7, 11) is 0. The van der Waals surface area contributed by atoms with Crippen molar-refractivity contribution in [2.45, 2.75) is 0 Å². The molecule has 0 aliphatic rings. The van der Waals surface area contributed by atoms with E-state index in [1.807, 2.05) is 0 Å². The summed E-state index contributed by atoms with van der Waals surface area (Å²) >= 11 is 0. The van der Waals surface area contributed by atoms with Gasteiger partial charge in [-0.3, -0.25) is 4.79 Å². The second-order valence-electron chi connectivity index (χ2n) is 1.23. The zero-order chi connectivity index (χ0) is 5.11. The van der Waals surface area contributed by atoms with Crippen molar-refractivity contribution in [1.82, 2.24) is 4.98 Å². The number of aromatic nitrogens is 1. The summed E-state index contributed by atoms with van der Waals surface area (Å²) in [5.74, 6) is 0. The van der Waals surface area contributed by atoms with Crippen LogP contribution in [0.3, 0.4) is 0 Å². The van der Waals surface area contributed by atoms with Gasteiger partial charge in [-0.15, -0.1) is 0 Å². The minimum absolute atomic E-state index is 0. The van der Waals surface area contributed by atoms with E-state index < -0.39 is 0 Å². The van der Waals surface area contributed by atoms with Crippen molar-refractivity contribution in [1.29, 1.82) is 0 Å². The van der Waals surface area contributed by atoms with Crippen molar-refractivity contribution in [3.8, 4) is 0 Å². The number of hydrogen-bond donors (Lipinski definition) is 1. The summed E-state index contributed by atoms with van der Waals surface area (Å²) in [6.07, 6.45) is 1.60. The van der Waals surface area contributed by atoms with Gasteiger partial charge in [-0.1, -0.05) is 6.07 Å². The van der Waals surface area contributed by atoms with Gasteiger partial charge >= 0.3 is 0 Å². The molecule has 44 valence electrons. The molecule has 0 aromatic carbocycles. The van der Waals surface area contributed by atoms with Crippen LogP contribution >= 0.6 is 0 Å². The Kier molecular flexibility index (Phi) is 3.24. The molecule has 0 saturated carbocycles. The molecule has 1 N–H and O–H groups in total. The average molecular weight is 151 g/mol. The third-order valence-corrected chi connectivity index (χ3v) is 0.681. The van der Waals surface area contributed by atoms with Crippen LogP contribution in [0.15, 0.2) is 29.2 Å². The molecular formula is C5H5FeNO. The van der Waals surface area contributed by atoms with E-state index in [2.05, 4.69) is 4.98 Å². The van der Waals surface area contributed by atoms with E-state index in [-0.39, 0.29) is 22.6 Å². The molecule has 0 spiro atoms. The molecule has 8 heavy (non-hydrogen) atoms. The van der Waals surface area contributed by atoms with Gasteiger partial charge in [-0.25, -0.2) is 0 Å². The van der Waals surface area contributed by atoms with Crippen LogP contribution in [0, 0.1) is 0 Å². The molecule has 0 aliphatic heterocycles. The largest absolute Gasteiger partial charge is 0.329 e. The van der Waals surface area contributed by atoms with Crippen LogP contribution in [0.25, 0.3) is 0 Å². The van der Waals surface area contributed by atoms with Crippen molar-refractivity contribution in [3.63, 3.8) is 0 Å². The summed E-state index contributed by atoms with van der Waals surface area (Å²) < 4.78 is 0. The summed E-state index contributed by atoms with van der Waals surface area (Å²) in [6, 6.07) is 4.93. The van der Waals surface area contributed by atoms with Gasteiger partial charge in [-0.05, 0) is 6.07 Å². The number of hydrogen-bond acceptors (Lipinski definition) is 1. The first-order valence-electron chi connectivity index (χ1n) is 2.03. The predicted octanol–water partition coefficient (Wildman–Crippen LogP) is 0.372. The van der Waals surface area contributed by atoms with E-state index >= 15 is 0 Å². The normalized spacial score (nSPS) is 7.50. The Labute approximate surface area is 57.4 Å². The van der Waals surface area contributed by atoms with Crippen LogP contribution in [-0.2, 0) is 17.1 Å². The molecule has 0 atom stereocenters. The molecule has 1 rings (SSSR count). The van der Waals surface area contributed by atoms with Crippen molar-refractivity contribution >= 4 is 0 Å². The maximum atomic E-state index is 10.2. The minimum atomic E-state index is -0.0532. The van der Waals surface area contributed by atoms with Gasteiger partial charge in [0, 0.05) is 29.3 Å². The Morgan fingerprint density at radius 2 is 2.12 bits per heavy atom. The van der Waals surface area contributed by atoms with Crippen LogP contribution in [-0.4, -0.2) is 4.98 Å². The van der Waals surface area contributed by atoms with E-state index in [0.717, 1.165) is 0 Å². The number of nitrogens with one attached hydrogen (secondary N) is 1. The maximum absolute atomic E-state index is 10.2. The molecule has 1 aromatic rings. The number of rotatable bonds is 0. The maximum Gasteiger partial charge on any atom is 0.247 e. The third kappa shape index (κ3) is 1.96. The molecule has 2 nitrogen and oxygen atoms in total. The van der Waals surface area contributed by atoms with Gasteiger partial charge in [0.2, 0.25) is 5.56 Å². The molecule has 0 saturated heterocycles. The average Bonchev–Trinajstić information content (AvgIpc) is 1.69. The van der Waals surface area contributed by atoms with Crippen molar-refractivity contribution < 1.29 is 17.1 Å². The molecule has 3 heteroatoms. The Balaban J connectivity index is 0.000000490. The molecule has 0 amide bonds. The van der Waals surface area contributed by atoms with Crippen molar-refractivity contribution in [2.75, 3.05) is 0 Å². The van der Waals surface area contributed by atoms with Crippen LogP contribution in [0.1, 0.15) is 0 Å². The molecule has 0 aliphatic carbocycles. The van der Waals surface area contributed by atoms with Gasteiger partial charge in [0.1, 0.15) is 0 Å². The molecule has 1 aromatic heterocycles. The Bertz CT molecular complexity index is 178. The first kappa shape index (κ1) is 7.47. The van der Waals surface area contributed by atoms with E-state index in [0.29, 0.717) is 0 Å². The smallest absolute Gasteiger partial charge is 0.247 e. The fourth-order valence-electron chi connectivity index (χ4n) is 0.377. The molecular weight excluding hydrogens is 146 g/mol. The summed E-state index contributed by atoms with van der Waals surface area (Å²) in [5.41, 5.74) is -0.0532. The standard InChI is InChI=1S/C5H5NO.Fe/c7-5-3-1-2-4-6-5;/h1-4H,(H,6,7);. The fourth-order valence-corrected chi connectivity index (χ4v) is 0.377. The van der Waals surface area contributed by atoms with E-state index in [1.54, 1.807) is 18.3 Å². The molecule has 0 unspecified atom stereocenters. The second kappa shape index (κ2) is 3.47. The zero-order valence-corrected chi connectivity index (χ0v) is 5.18. The van der Waals surface area contributed by atoms with Crippen molar-refractivity contribution in [2.24, 2.45) is 0 Å². The Hall–Kier alpha value is -0.531. The Morgan fingerprint density at radius 3 is 2.38 bits per heavy atom. The van der Waals surface area contributed by atoms with Gasteiger partial charge in [0.25, 0.3) is 0 Å². The fraction of sp³-hybridized carbons (Fsp3) is 0. The Morgan fingerprint density at radius 1 is 1.38 bits per heavy atom. The van der Waals surface area contributed by atoms with E-state index in [9.17, 15) is 4.79 Å². The van der Waals surface area contributed by atoms with Crippen LogP contribution in [0.2, 0.25) is 0 Å². The van der Waals surface area contributed by atoms with Gasteiger partial charge < -0.3 is 4.98 Å². The van der Waals surface area contributed by atoms with Gasteiger partial charge in [0.15, 0.2) is 0 Å². The number of H-pyrrole nitrogens is 1. The second-order valence-corrected chi connectivity index (χ2v) is 1.23. The predicted molar refractivity (Wildman–Crippen MR) is 27.1 cm³/mol. The van der Waals surface area contributed by atoms with Crippen LogP contribution in [0.4, 0.5) is 0 Å². The monoisotopic (exact) mass is 151 g/mol. The number of pyridine rings is 1. The van der Waals surface area contributed by atoms with Crippen LogP contribution < -0.4 is 5.56 Å². The quantitative estimate of drug-likeness (QED) is 0.534. The molecule has 0 radical (unpaired) electrons. The SMILES string of the molecule is O=c1cccc[nH]1.[Fe].